The molecule has 0 atom stereocenters. The zero-order valence-electron chi connectivity index (χ0n) is 13.2. The highest BCUT2D eigenvalue weighted by atomic mass is 16.5. The summed E-state index contributed by atoms with van der Waals surface area (Å²) in [5.74, 6) is -0.518. The number of unbranched alkanes of at least 4 members (excludes halogenated alkanes) is 2. The molecular formula is C17H25NO3. The van der Waals surface area contributed by atoms with Crippen molar-refractivity contribution in [3.63, 3.8) is 0 Å². The summed E-state index contributed by atoms with van der Waals surface area (Å²) in [5.41, 5.74) is 1.78. The highest BCUT2D eigenvalue weighted by Gasteiger charge is 2.15. The number of rotatable bonds is 8. The van der Waals surface area contributed by atoms with Crippen LogP contribution in [0, 0.1) is 0 Å². The molecule has 4 heteroatoms. The minimum Gasteiger partial charge on any atom is -0.464 e. The first kappa shape index (κ1) is 17.2. The maximum absolute atomic E-state index is 12.2. The van der Waals surface area contributed by atoms with Gasteiger partial charge in [0.05, 0.1) is 6.61 Å². The number of benzene rings is 1. The molecule has 0 aromatic heterocycles. The van der Waals surface area contributed by atoms with Crippen LogP contribution < -0.4 is 0 Å². The molecule has 0 fully saturated rings. The van der Waals surface area contributed by atoms with E-state index in [2.05, 4.69) is 13.8 Å². The number of hydrogen-bond donors (Lipinski definition) is 0. The summed E-state index contributed by atoms with van der Waals surface area (Å²) in [6.07, 6.45) is 3.95. The second kappa shape index (κ2) is 9.16. The molecule has 0 aliphatic rings. The summed E-state index contributed by atoms with van der Waals surface area (Å²) >= 11 is 0. The van der Waals surface area contributed by atoms with Crippen LogP contribution in [0.25, 0.3) is 0 Å². The first-order valence-electron chi connectivity index (χ1n) is 7.58. The Morgan fingerprint density at radius 2 is 1.76 bits per heavy atom. The molecule has 4 nitrogen and oxygen atoms in total. The van der Waals surface area contributed by atoms with E-state index in [1.807, 2.05) is 12.1 Å². The lowest BCUT2D eigenvalue weighted by atomic mass is 10.1. The molecule has 0 heterocycles. The standard InChI is InChI=1S/C17H25NO3/c1-4-6-7-12-21-16(19)13-18(3)17(20)15-10-8-14(5-2)9-11-15/h8-11H,4-7,12-13H2,1-3H3. The van der Waals surface area contributed by atoms with Crippen molar-refractivity contribution >= 4 is 11.9 Å². The molecule has 0 aliphatic heterocycles. The van der Waals surface area contributed by atoms with Crippen molar-refractivity contribution < 1.29 is 14.3 Å². The molecule has 0 spiro atoms. The van der Waals surface area contributed by atoms with Crippen molar-refractivity contribution in [2.24, 2.45) is 0 Å². The smallest absolute Gasteiger partial charge is 0.325 e. The zero-order chi connectivity index (χ0) is 15.7. The monoisotopic (exact) mass is 291 g/mol. The van der Waals surface area contributed by atoms with Crippen LogP contribution in [0.15, 0.2) is 24.3 Å². The number of carbonyl (C=O) groups excluding carboxylic acids is 2. The minimum absolute atomic E-state index is 0.0134. The van der Waals surface area contributed by atoms with Gasteiger partial charge in [-0.2, -0.15) is 0 Å². The van der Waals surface area contributed by atoms with Crippen molar-refractivity contribution in [1.29, 1.82) is 0 Å². The van der Waals surface area contributed by atoms with Crippen molar-refractivity contribution in [1.82, 2.24) is 4.90 Å². The van der Waals surface area contributed by atoms with E-state index in [4.69, 9.17) is 4.74 Å². The molecule has 1 rings (SSSR count). The van der Waals surface area contributed by atoms with E-state index in [1.54, 1.807) is 19.2 Å². The lowest BCUT2D eigenvalue weighted by Gasteiger charge is -2.16. The van der Waals surface area contributed by atoms with E-state index in [-0.39, 0.29) is 18.4 Å². The quantitative estimate of drug-likeness (QED) is 0.546. The Balaban J connectivity index is 2.44. The Morgan fingerprint density at radius 1 is 1.10 bits per heavy atom. The Kier molecular flexibility index (Phi) is 7.51. The van der Waals surface area contributed by atoms with Crippen LogP contribution in [-0.4, -0.2) is 37.0 Å². The fourth-order valence-corrected chi connectivity index (χ4v) is 1.95. The number of carbonyl (C=O) groups is 2. The number of likely N-dealkylation sites (N-methyl/N-ethyl adjacent to an activating group) is 1. The molecule has 116 valence electrons. The third-order valence-electron chi connectivity index (χ3n) is 3.33. The maximum Gasteiger partial charge on any atom is 0.325 e. The number of aryl methyl sites for hydroxylation is 1. The van der Waals surface area contributed by atoms with Gasteiger partial charge in [-0.3, -0.25) is 9.59 Å². The zero-order valence-corrected chi connectivity index (χ0v) is 13.2. The number of nitrogens with zero attached hydrogens (tertiary/aromatic N) is 1. The summed E-state index contributed by atoms with van der Waals surface area (Å²) in [6, 6.07) is 7.46. The van der Waals surface area contributed by atoms with Crippen molar-refractivity contribution in [2.75, 3.05) is 20.2 Å². The summed E-state index contributed by atoms with van der Waals surface area (Å²) in [4.78, 5) is 25.2. The number of hydrogen-bond acceptors (Lipinski definition) is 3. The van der Waals surface area contributed by atoms with Gasteiger partial charge in [0.25, 0.3) is 5.91 Å². The molecule has 0 bridgehead atoms. The minimum atomic E-state index is -0.355. The maximum atomic E-state index is 12.2. The van der Waals surface area contributed by atoms with E-state index >= 15 is 0 Å². The van der Waals surface area contributed by atoms with Crippen LogP contribution in [0.5, 0.6) is 0 Å². The first-order valence-corrected chi connectivity index (χ1v) is 7.58. The van der Waals surface area contributed by atoms with Gasteiger partial charge >= 0.3 is 5.97 Å². The van der Waals surface area contributed by atoms with Gasteiger partial charge < -0.3 is 9.64 Å². The second-order valence-corrected chi connectivity index (χ2v) is 5.14. The molecular weight excluding hydrogens is 266 g/mol. The predicted molar refractivity (Wildman–Crippen MR) is 83.3 cm³/mol. The topological polar surface area (TPSA) is 46.6 Å². The van der Waals surface area contributed by atoms with Crippen molar-refractivity contribution in [3.8, 4) is 0 Å². The van der Waals surface area contributed by atoms with Gasteiger partial charge in [0.15, 0.2) is 0 Å². The van der Waals surface area contributed by atoms with Crippen molar-refractivity contribution in [2.45, 2.75) is 39.5 Å². The number of ether oxygens (including phenoxy) is 1. The number of esters is 1. The molecule has 0 unspecified atom stereocenters. The van der Waals surface area contributed by atoms with Gasteiger partial charge in [0, 0.05) is 12.6 Å². The Bertz CT molecular complexity index is 454. The van der Waals surface area contributed by atoms with Crippen molar-refractivity contribution in [3.05, 3.63) is 35.4 Å². The van der Waals surface area contributed by atoms with Crippen LogP contribution in [0.4, 0.5) is 0 Å². The van der Waals surface area contributed by atoms with E-state index < -0.39 is 0 Å². The van der Waals surface area contributed by atoms with Crippen LogP contribution in [0.1, 0.15) is 49.0 Å². The fourth-order valence-electron chi connectivity index (χ4n) is 1.95. The molecule has 1 amide bonds. The van der Waals surface area contributed by atoms with Gasteiger partial charge in [0.1, 0.15) is 6.54 Å². The van der Waals surface area contributed by atoms with Gasteiger partial charge in [0.2, 0.25) is 0 Å². The SMILES string of the molecule is CCCCCOC(=O)CN(C)C(=O)c1ccc(CC)cc1. The molecule has 1 aromatic rings. The molecule has 1 aromatic carbocycles. The van der Waals surface area contributed by atoms with Gasteiger partial charge in [-0.25, -0.2) is 0 Å². The fraction of sp³-hybridized carbons (Fsp3) is 0.529. The van der Waals surface area contributed by atoms with Crippen LogP contribution >= 0.6 is 0 Å². The Morgan fingerprint density at radius 3 is 2.33 bits per heavy atom. The lowest BCUT2D eigenvalue weighted by Crippen LogP contribution is -2.33. The van der Waals surface area contributed by atoms with E-state index in [0.29, 0.717) is 12.2 Å². The second-order valence-electron chi connectivity index (χ2n) is 5.14. The van der Waals surface area contributed by atoms with E-state index in [0.717, 1.165) is 25.7 Å². The normalized spacial score (nSPS) is 10.2. The van der Waals surface area contributed by atoms with Gasteiger partial charge in [-0.05, 0) is 30.5 Å². The Labute approximate surface area is 127 Å². The van der Waals surface area contributed by atoms with E-state index in [9.17, 15) is 9.59 Å². The lowest BCUT2D eigenvalue weighted by molar-refractivity contribution is -0.144. The molecule has 0 aliphatic carbocycles. The molecule has 0 saturated carbocycles. The molecule has 0 N–H and O–H groups in total. The van der Waals surface area contributed by atoms with E-state index in [1.165, 1.54) is 10.5 Å². The third-order valence-corrected chi connectivity index (χ3v) is 3.33. The summed E-state index contributed by atoms with van der Waals surface area (Å²) in [7, 11) is 1.61. The van der Waals surface area contributed by atoms with Gasteiger partial charge in [-0.15, -0.1) is 0 Å². The molecule has 21 heavy (non-hydrogen) atoms. The third kappa shape index (κ3) is 5.98. The average Bonchev–Trinajstić information content (AvgIpc) is 2.51. The summed E-state index contributed by atoms with van der Waals surface area (Å²) in [5, 5.41) is 0. The average molecular weight is 291 g/mol. The predicted octanol–water partition coefficient (Wildman–Crippen LogP) is 3.05. The largest absolute Gasteiger partial charge is 0.464 e. The highest BCUT2D eigenvalue weighted by Crippen LogP contribution is 2.07. The number of amides is 1. The van der Waals surface area contributed by atoms with Crippen LogP contribution in [0.3, 0.4) is 0 Å². The molecule has 0 saturated heterocycles. The van der Waals surface area contributed by atoms with Crippen LogP contribution in [-0.2, 0) is 16.0 Å². The molecule has 0 radical (unpaired) electrons. The van der Waals surface area contributed by atoms with Gasteiger partial charge in [-0.1, -0.05) is 38.8 Å². The summed E-state index contributed by atoms with van der Waals surface area (Å²) < 4.78 is 5.10. The summed E-state index contributed by atoms with van der Waals surface area (Å²) in [6.45, 7) is 4.58. The first-order chi connectivity index (χ1) is 10.1. The van der Waals surface area contributed by atoms with Crippen LogP contribution in [0.2, 0.25) is 0 Å². The Hall–Kier alpha value is -1.84. The highest BCUT2D eigenvalue weighted by molar-refractivity contribution is 5.95.